The summed E-state index contributed by atoms with van der Waals surface area (Å²) in [6, 6.07) is 5.29. The fourth-order valence-electron chi connectivity index (χ4n) is 8.00. The van der Waals surface area contributed by atoms with Gasteiger partial charge in [0.1, 0.15) is 11.9 Å². The highest BCUT2D eigenvalue weighted by Gasteiger charge is 2.68. The molecular weight excluding hydrogens is 580 g/mol. The number of nitrogens with one attached hydrogen (secondary N) is 1. The Bertz CT molecular complexity index is 1400. The number of nitrogens with zero attached hydrogens (tertiary/aromatic N) is 1. The number of Topliss-reactive ketones (excluding diaryl/α,β-unsaturated/α-hetero) is 1. The van der Waals surface area contributed by atoms with Crippen LogP contribution in [0.2, 0.25) is 0 Å². The molecule has 39 heavy (non-hydrogen) atoms. The van der Waals surface area contributed by atoms with E-state index in [0.717, 1.165) is 31.0 Å². The van der Waals surface area contributed by atoms with Crippen molar-refractivity contribution in [3.05, 3.63) is 45.7 Å². The summed E-state index contributed by atoms with van der Waals surface area (Å²) in [5.41, 5.74) is -1.31. The average Bonchev–Trinajstić information content (AvgIpc) is 3.26. The zero-order valence-electron chi connectivity index (χ0n) is 23.0. The number of carbonyl (C=O) groups is 2. The summed E-state index contributed by atoms with van der Waals surface area (Å²) < 4.78 is 6.98. The van der Waals surface area contributed by atoms with Crippen LogP contribution in [0.4, 0.5) is 0 Å². The minimum Gasteiger partial charge on any atom is -0.461 e. The number of fused-ring (bicyclic) bond motifs is 1. The van der Waals surface area contributed by atoms with Crippen molar-refractivity contribution >= 4 is 50.3 Å². The SMILES string of the molecule is C=C[C@]1(C)C[C@@H](OC(=O)CSc2nc3c(Br)cccc3c(=O)[nH]2)[C@]2(C)[C@H](C)CC[C@]3(CCC(=O)[C@H]32)[C@@H](C)[C@@H]1O. The van der Waals surface area contributed by atoms with E-state index >= 15 is 0 Å². The maximum Gasteiger partial charge on any atom is 0.316 e. The molecule has 3 aliphatic rings. The van der Waals surface area contributed by atoms with E-state index < -0.39 is 29.0 Å². The van der Waals surface area contributed by atoms with Gasteiger partial charge in [-0.05, 0) is 71.0 Å². The molecule has 0 radical (unpaired) electrons. The van der Waals surface area contributed by atoms with Gasteiger partial charge >= 0.3 is 5.97 Å². The van der Waals surface area contributed by atoms with Gasteiger partial charge in [-0.1, -0.05) is 51.6 Å². The van der Waals surface area contributed by atoms with Crippen LogP contribution >= 0.6 is 27.7 Å². The second-order valence-corrected chi connectivity index (χ2v) is 14.2. The highest BCUT2D eigenvalue weighted by Crippen LogP contribution is 2.68. The van der Waals surface area contributed by atoms with Crippen molar-refractivity contribution in [3.63, 3.8) is 0 Å². The van der Waals surface area contributed by atoms with Crippen molar-refractivity contribution in [1.29, 1.82) is 0 Å². The summed E-state index contributed by atoms with van der Waals surface area (Å²) in [6.45, 7) is 12.4. The third kappa shape index (κ3) is 4.43. The molecule has 1 aromatic heterocycles. The molecule has 3 aliphatic carbocycles. The maximum atomic E-state index is 13.5. The van der Waals surface area contributed by atoms with Gasteiger partial charge in [0.25, 0.3) is 5.56 Å². The Balaban J connectivity index is 1.46. The number of hydrogen-bond donors (Lipinski definition) is 2. The van der Waals surface area contributed by atoms with E-state index in [9.17, 15) is 19.5 Å². The summed E-state index contributed by atoms with van der Waals surface area (Å²) in [7, 11) is 0. The standard InChI is InChI=1S/C30H37BrN2O5S/c1-6-28(4)14-21(29(5)16(2)10-12-30(17(3)25(28)36)13-11-20(34)24(29)30)38-22(35)15-39-27-32-23-18(26(37)33-27)8-7-9-19(23)31/h6-9,16-17,21,24-25,36H,1,10-15H2,2-5H3,(H,32,33,37)/t16-,17+,21-,24+,25+,28-,29+,30+/m1/s1. The summed E-state index contributed by atoms with van der Waals surface area (Å²) >= 11 is 4.56. The van der Waals surface area contributed by atoms with Crippen molar-refractivity contribution < 1.29 is 19.4 Å². The average molecular weight is 618 g/mol. The van der Waals surface area contributed by atoms with Gasteiger partial charge in [0.2, 0.25) is 0 Å². The molecule has 8 atom stereocenters. The molecule has 1 aromatic carbocycles. The Labute approximate surface area is 241 Å². The fourth-order valence-corrected chi connectivity index (χ4v) is 9.09. The number of ether oxygens (including phenoxy) is 1. The number of H-pyrrole nitrogens is 1. The van der Waals surface area contributed by atoms with Crippen molar-refractivity contribution in [2.45, 2.75) is 77.2 Å². The van der Waals surface area contributed by atoms with E-state index in [1.165, 1.54) is 0 Å². The van der Waals surface area contributed by atoms with Gasteiger partial charge in [-0.2, -0.15) is 0 Å². The lowest BCUT2D eigenvalue weighted by atomic mass is 9.44. The van der Waals surface area contributed by atoms with Crippen molar-refractivity contribution in [3.8, 4) is 0 Å². The van der Waals surface area contributed by atoms with E-state index in [2.05, 4.69) is 53.2 Å². The first-order chi connectivity index (χ1) is 18.4. The Morgan fingerprint density at radius 3 is 2.77 bits per heavy atom. The highest BCUT2D eigenvalue weighted by molar-refractivity contribution is 9.10. The first-order valence-electron chi connectivity index (χ1n) is 13.7. The lowest BCUT2D eigenvalue weighted by Crippen LogP contribution is -2.63. The van der Waals surface area contributed by atoms with Gasteiger partial charge in [-0.15, -0.1) is 6.58 Å². The first-order valence-corrected chi connectivity index (χ1v) is 15.5. The number of aromatic amines is 1. The van der Waals surface area contributed by atoms with Gasteiger partial charge in [-0.25, -0.2) is 4.98 Å². The van der Waals surface area contributed by atoms with Crippen LogP contribution in [-0.2, 0) is 14.3 Å². The highest BCUT2D eigenvalue weighted by atomic mass is 79.9. The Hall–Kier alpha value is -1.97. The lowest BCUT2D eigenvalue weighted by Gasteiger charge is -2.61. The normalized spacial score (nSPS) is 38.1. The molecule has 0 spiro atoms. The minimum absolute atomic E-state index is 0.0482. The van der Waals surface area contributed by atoms with Crippen LogP contribution in [0.25, 0.3) is 10.9 Å². The van der Waals surface area contributed by atoms with Gasteiger partial charge in [-0.3, -0.25) is 14.4 Å². The molecule has 0 amide bonds. The quantitative estimate of drug-likeness (QED) is 0.192. The van der Waals surface area contributed by atoms with Crippen LogP contribution in [-0.4, -0.2) is 44.8 Å². The predicted molar refractivity (Wildman–Crippen MR) is 155 cm³/mol. The zero-order valence-corrected chi connectivity index (χ0v) is 25.4. The van der Waals surface area contributed by atoms with Crippen LogP contribution in [0.1, 0.15) is 59.8 Å². The topological polar surface area (TPSA) is 109 Å². The number of hydrogen-bond acceptors (Lipinski definition) is 7. The molecule has 5 rings (SSSR count). The van der Waals surface area contributed by atoms with Crippen LogP contribution in [0.15, 0.2) is 45.3 Å². The summed E-state index contributed by atoms with van der Waals surface area (Å²) in [4.78, 5) is 46.8. The van der Waals surface area contributed by atoms with Crippen molar-refractivity contribution in [1.82, 2.24) is 9.97 Å². The van der Waals surface area contributed by atoms with Crippen molar-refractivity contribution in [2.24, 2.45) is 34.0 Å². The number of carbonyl (C=O) groups excluding carboxylic acids is 2. The number of thioether (sulfide) groups is 1. The third-order valence-corrected chi connectivity index (χ3v) is 12.1. The second kappa shape index (κ2) is 10.1. The summed E-state index contributed by atoms with van der Waals surface area (Å²) in [6.07, 6.45) is 3.97. The largest absolute Gasteiger partial charge is 0.461 e. The molecule has 3 fully saturated rings. The second-order valence-electron chi connectivity index (χ2n) is 12.4. The van der Waals surface area contributed by atoms with Gasteiger partial charge in [0.15, 0.2) is 5.16 Å². The monoisotopic (exact) mass is 616 g/mol. The number of aliphatic hydroxyl groups is 1. The molecule has 9 heteroatoms. The molecular formula is C30H37BrN2O5S. The van der Waals surface area contributed by atoms with Crippen molar-refractivity contribution in [2.75, 3.05) is 5.75 Å². The number of aromatic nitrogens is 2. The molecule has 2 N–H and O–H groups in total. The number of rotatable bonds is 5. The van der Waals surface area contributed by atoms with Crippen LogP contribution in [0.5, 0.6) is 0 Å². The van der Waals surface area contributed by atoms with Crippen LogP contribution in [0, 0.1) is 34.0 Å². The first kappa shape index (κ1) is 28.6. The number of halogens is 1. The van der Waals surface area contributed by atoms with E-state index in [1.807, 2.05) is 13.0 Å². The van der Waals surface area contributed by atoms with E-state index in [1.54, 1.807) is 18.2 Å². The molecule has 7 nitrogen and oxygen atoms in total. The molecule has 0 unspecified atom stereocenters. The van der Waals surface area contributed by atoms with Gasteiger partial charge in [0, 0.05) is 27.6 Å². The van der Waals surface area contributed by atoms with Gasteiger partial charge < -0.3 is 14.8 Å². The molecule has 2 aromatic rings. The van der Waals surface area contributed by atoms with E-state index in [4.69, 9.17) is 4.74 Å². The molecule has 0 aliphatic heterocycles. The Morgan fingerprint density at radius 2 is 2.05 bits per heavy atom. The minimum atomic E-state index is -0.706. The van der Waals surface area contributed by atoms with Gasteiger partial charge in [0.05, 0.1) is 22.8 Å². The molecule has 3 saturated carbocycles. The van der Waals surface area contributed by atoms with E-state index in [-0.39, 0.29) is 40.3 Å². The third-order valence-electron chi connectivity index (χ3n) is 10.6. The van der Waals surface area contributed by atoms with E-state index in [0.29, 0.717) is 33.4 Å². The predicted octanol–water partition coefficient (Wildman–Crippen LogP) is 5.68. The number of aliphatic hydroxyl groups excluding tert-OH is 1. The maximum absolute atomic E-state index is 13.5. The Morgan fingerprint density at radius 1 is 1.31 bits per heavy atom. The fraction of sp³-hybridized carbons (Fsp3) is 0.600. The lowest BCUT2D eigenvalue weighted by molar-refractivity contribution is -0.205. The number of benzene rings is 1. The summed E-state index contributed by atoms with van der Waals surface area (Å²) in [5.74, 6) is -0.447. The smallest absolute Gasteiger partial charge is 0.316 e. The van der Waals surface area contributed by atoms with Crippen LogP contribution in [0.3, 0.4) is 0 Å². The zero-order chi connectivity index (χ0) is 28.3. The summed E-state index contributed by atoms with van der Waals surface area (Å²) in [5, 5.41) is 12.5. The molecule has 1 heterocycles. The number of esters is 1. The Kier molecular flexibility index (Phi) is 7.42. The number of ketones is 1. The number of para-hydroxylation sites is 1. The molecule has 210 valence electrons. The molecule has 2 bridgehead atoms. The van der Waals surface area contributed by atoms with Crippen LogP contribution < -0.4 is 5.56 Å². The molecule has 0 saturated heterocycles.